The summed E-state index contributed by atoms with van der Waals surface area (Å²) in [7, 11) is 0. The van der Waals surface area contributed by atoms with E-state index in [1.54, 1.807) is 24.4 Å². The van der Waals surface area contributed by atoms with Crippen LogP contribution < -0.4 is 10.6 Å². The second-order valence-corrected chi connectivity index (χ2v) is 7.09. The first-order valence-corrected chi connectivity index (χ1v) is 9.38. The number of nitrogens with zero attached hydrogens (tertiary/aromatic N) is 3. The van der Waals surface area contributed by atoms with Crippen LogP contribution in [-0.4, -0.2) is 26.8 Å². The minimum Gasteiger partial charge on any atom is -0.326 e. The third kappa shape index (κ3) is 5.22. The Kier molecular flexibility index (Phi) is 6.29. The lowest BCUT2D eigenvalue weighted by molar-refractivity contribution is -0.116. The number of pyridine rings is 1. The van der Waals surface area contributed by atoms with Crippen LogP contribution in [0, 0.1) is 12.8 Å². The molecule has 0 aliphatic carbocycles. The van der Waals surface area contributed by atoms with Crippen molar-refractivity contribution in [2.75, 3.05) is 10.6 Å². The number of hydrogen-bond donors (Lipinski definition) is 2. The summed E-state index contributed by atoms with van der Waals surface area (Å²) in [5.41, 5.74) is 3.05. The van der Waals surface area contributed by atoms with Crippen molar-refractivity contribution >= 4 is 23.2 Å². The van der Waals surface area contributed by atoms with Gasteiger partial charge in [0.05, 0.1) is 5.56 Å². The average Bonchev–Trinajstić information content (AvgIpc) is 2.71. The predicted molar refractivity (Wildman–Crippen MR) is 112 cm³/mol. The Morgan fingerprint density at radius 3 is 2.24 bits per heavy atom. The van der Waals surface area contributed by atoms with E-state index < -0.39 is 0 Å². The molecule has 0 saturated carbocycles. The van der Waals surface area contributed by atoms with Crippen LogP contribution in [0.1, 0.15) is 36.2 Å². The van der Waals surface area contributed by atoms with Gasteiger partial charge in [0, 0.05) is 36.4 Å². The standard InChI is InChI=1S/C22H23N5O2/c1-14(2)11-20(28)26-17-8-6-9-18(15(17)3)27-22(29)16-12-24-21(25-13-16)19-7-4-5-10-23-19/h4-10,12-14H,11H2,1-3H3,(H,26,28)(H,27,29). The average molecular weight is 389 g/mol. The number of carbonyl (C=O) groups is 2. The minimum atomic E-state index is -0.327. The van der Waals surface area contributed by atoms with Crippen LogP contribution in [0.15, 0.2) is 55.0 Å². The maximum absolute atomic E-state index is 12.6. The zero-order valence-corrected chi connectivity index (χ0v) is 16.6. The van der Waals surface area contributed by atoms with E-state index in [1.807, 2.05) is 39.0 Å². The summed E-state index contributed by atoms with van der Waals surface area (Å²) in [4.78, 5) is 37.3. The molecular weight excluding hydrogens is 366 g/mol. The topological polar surface area (TPSA) is 96.9 Å². The quantitative estimate of drug-likeness (QED) is 0.662. The predicted octanol–water partition coefficient (Wildman–Crippen LogP) is 4.08. The third-order valence-corrected chi connectivity index (χ3v) is 4.26. The van der Waals surface area contributed by atoms with Crippen molar-refractivity contribution in [1.29, 1.82) is 0 Å². The first-order chi connectivity index (χ1) is 13.9. The van der Waals surface area contributed by atoms with Crippen LogP contribution in [0.5, 0.6) is 0 Å². The molecule has 3 rings (SSSR count). The molecule has 2 heterocycles. The van der Waals surface area contributed by atoms with Gasteiger partial charge in [-0.1, -0.05) is 26.0 Å². The van der Waals surface area contributed by atoms with Gasteiger partial charge in [0.1, 0.15) is 5.69 Å². The molecule has 0 saturated heterocycles. The molecule has 29 heavy (non-hydrogen) atoms. The SMILES string of the molecule is Cc1c(NC(=O)CC(C)C)cccc1NC(=O)c1cnc(-c2ccccn2)nc1. The molecule has 0 radical (unpaired) electrons. The first kappa shape index (κ1) is 20.1. The largest absolute Gasteiger partial charge is 0.326 e. The van der Waals surface area contributed by atoms with Crippen LogP contribution in [0.3, 0.4) is 0 Å². The summed E-state index contributed by atoms with van der Waals surface area (Å²) in [6.45, 7) is 5.83. The van der Waals surface area contributed by atoms with Crippen molar-refractivity contribution < 1.29 is 9.59 Å². The Balaban J connectivity index is 1.72. The van der Waals surface area contributed by atoms with Gasteiger partial charge in [-0.05, 0) is 42.7 Å². The van der Waals surface area contributed by atoms with Crippen LogP contribution in [0.2, 0.25) is 0 Å². The molecule has 0 fully saturated rings. The van der Waals surface area contributed by atoms with Gasteiger partial charge in [0.2, 0.25) is 5.91 Å². The van der Waals surface area contributed by atoms with Crippen molar-refractivity contribution in [3.63, 3.8) is 0 Å². The highest BCUT2D eigenvalue weighted by molar-refractivity contribution is 6.05. The van der Waals surface area contributed by atoms with Gasteiger partial charge in [0.15, 0.2) is 5.82 Å². The first-order valence-electron chi connectivity index (χ1n) is 9.38. The van der Waals surface area contributed by atoms with Crippen molar-refractivity contribution in [1.82, 2.24) is 15.0 Å². The molecule has 0 bridgehead atoms. The summed E-state index contributed by atoms with van der Waals surface area (Å²) in [6.07, 6.45) is 5.04. The molecule has 3 aromatic rings. The summed E-state index contributed by atoms with van der Waals surface area (Å²) in [5.74, 6) is 0.344. The van der Waals surface area contributed by atoms with Crippen LogP contribution in [-0.2, 0) is 4.79 Å². The Hall–Kier alpha value is -3.61. The highest BCUT2D eigenvalue weighted by Gasteiger charge is 2.13. The Labute approximate surface area is 169 Å². The van der Waals surface area contributed by atoms with E-state index >= 15 is 0 Å². The van der Waals surface area contributed by atoms with E-state index in [-0.39, 0.29) is 17.7 Å². The maximum atomic E-state index is 12.6. The van der Waals surface area contributed by atoms with Crippen LogP contribution in [0.4, 0.5) is 11.4 Å². The molecule has 0 spiro atoms. The van der Waals surface area contributed by atoms with E-state index in [4.69, 9.17) is 0 Å². The summed E-state index contributed by atoms with van der Waals surface area (Å²) >= 11 is 0. The molecule has 0 atom stereocenters. The molecule has 148 valence electrons. The number of hydrogen-bond acceptors (Lipinski definition) is 5. The fourth-order valence-electron chi connectivity index (χ4n) is 2.75. The monoisotopic (exact) mass is 389 g/mol. The fourth-order valence-corrected chi connectivity index (χ4v) is 2.75. The Morgan fingerprint density at radius 2 is 1.62 bits per heavy atom. The van der Waals surface area contributed by atoms with Gasteiger partial charge in [-0.15, -0.1) is 0 Å². The van der Waals surface area contributed by atoms with Gasteiger partial charge >= 0.3 is 0 Å². The Bertz CT molecular complexity index is 1000. The van der Waals surface area contributed by atoms with Gasteiger partial charge in [0.25, 0.3) is 5.91 Å². The van der Waals surface area contributed by atoms with Crippen molar-refractivity contribution in [2.45, 2.75) is 27.2 Å². The highest BCUT2D eigenvalue weighted by atomic mass is 16.2. The highest BCUT2D eigenvalue weighted by Crippen LogP contribution is 2.24. The lowest BCUT2D eigenvalue weighted by Gasteiger charge is -2.14. The second kappa shape index (κ2) is 9.05. The molecule has 7 nitrogen and oxygen atoms in total. The van der Waals surface area contributed by atoms with E-state index in [9.17, 15) is 9.59 Å². The number of rotatable bonds is 6. The third-order valence-electron chi connectivity index (χ3n) is 4.26. The lowest BCUT2D eigenvalue weighted by atomic mass is 10.1. The molecule has 0 aliphatic heterocycles. The molecule has 2 N–H and O–H groups in total. The van der Waals surface area contributed by atoms with Crippen molar-refractivity contribution in [2.24, 2.45) is 5.92 Å². The second-order valence-electron chi connectivity index (χ2n) is 7.09. The molecule has 7 heteroatoms. The van der Waals surface area contributed by atoms with Crippen molar-refractivity contribution in [3.8, 4) is 11.5 Å². The summed E-state index contributed by atoms with van der Waals surface area (Å²) in [5, 5.41) is 5.75. The summed E-state index contributed by atoms with van der Waals surface area (Å²) in [6, 6.07) is 10.9. The number of aromatic nitrogens is 3. The maximum Gasteiger partial charge on any atom is 0.258 e. The smallest absolute Gasteiger partial charge is 0.258 e. The number of amides is 2. The number of benzene rings is 1. The van der Waals surface area contributed by atoms with E-state index in [2.05, 4.69) is 25.6 Å². The van der Waals surface area contributed by atoms with Crippen molar-refractivity contribution in [3.05, 3.63) is 66.1 Å². The number of anilines is 2. The van der Waals surface area contributed by atoms with E-state index in [0.717, 1.165) is 5.56 Å². The van der Waals surface area contributed by atoms with E-state index in [1.165, 1.54) is 12.4 Å². The fraction of sp³-hybridized carbons (Fsp3) is 0.227. The van der Waals surface area contributed by atoms with Gasteiger partial charge in [-0.25, -0.2) is 9.97 Å². The van der Waals surface area contributed by atoms with Gasteiger partial charge < -0.3 is 10.6 Å². The van der Waals surface area contributed by atoms with Gasteiger partial charge in [-0.3, -0.25) is 14.6 Å². The zero-order valence-electron chi connectivity index (χ0n) is 16.6. The normalized spacial score (nSPS) is 10.6. The molecular formula is C22H23N5O2. The molecule has 2 amide bonds. The zero-order chi connectivity index (χ0) is 20.8. The molecule has 2 aromatic heterocycles. The molecule has 0 aliphatic rings. The lowest BCUT2D eigenvalue weighted by Crippen LogP contribution is -2.17. The van der Waals surface area contributed by atoms with E-state index in [0.29, 0.717) is 34.9 Å². The summed E-state index contributed by atoms with van der Waals surface area (Å²) < 4.78 is 0. The number of nitrogens with one attached hydrogen (secondary N) is 2. The minimum absolute atomic E-state index is 0.0508. The molecule has 1 aromatic carbocycles. The number of carbonyl (C=O) groups excluding carboxylic acids is 2. The Morgan fingerprint density at radius 1 is 0.931 bits per heavy atom. The van der Waals surface area contributed by atoms with Gasteiger partial charge in [-0.2, -0.15) is 0 Å². The van der Waals surface area contributed by atoms with Crippen LogP contribution >= 0.6 is 0 Å². The molecule has 0 unspecified atom stereocenters. The van der Waals surface area contributed by atoms with Crippen LogP contribution in [0.25, 0.3) is 11.5 Å².